The number of aryl methyl sites for hydroxylation is 1. The molecule has 0 aliphatic carbocycles. The molecule has 0 amide bonds. The zero-order valence-corrected chi connectivity index (χ0v) is 11.1. The first-order chi connectivity index (χ1) is 8.08. The number of nitrogens with two attached hydrogens (primary N) is 1. The zero-order valence-electron chi connectivity index (χ0n) is 11.1. The van der Waals surface area contributed by atoms with Crippen LogP contribution in [0.4, 0.5) is 11.4 Å². The first-order valence-corrected chi connectivity index (χ1v) is 6.35. The number of anilines is 2. The van der Waals surface area contributed by atoms with E-state index in [0.717, 1.165) is 24.8 Å². The molecule has 0 saturated carbocycles. The molecular formula is C14H23N3. The second kappa shape index (κ2) is 4.96. The Bertz CT molecular complexity index is 379. The van der Waals surface area contributed by atoms with E-state index in [9.17, 15) is 0 Å². The standard InChI is InChI=1S/C14H23N3/c1-11-4-5-14(13(15)10-11)17-8-6-12(7-9-17)16(2)3/h4-5,10,12H,6-9,15H2,1-3H3. The summed E-state index contributed by atoms with van der Waals surface area (Å²) >= 11 is 0. The summed E-state index contributed by atoms with van der Waals surface area (Å²) in [5, 5.41) is 0. The Morgan fingerprint density at radius 1 is 1.24 bits per heavy atom. The average Bonchev–Trinajstić information content (AvgIpc) is 2.29. The molecule has 2 N–H and O–H groups in total. The Kier molecular flexibility index (Phi) is 3.57. The van der Waals surface area contributed by atoms with Gasteiger partial charge in [0.05, 0.1) is 11.4 Å². The quantitative estimate of drug-likeness (QED) is 0.794. The number of benzene rings is 1. The van der Waals surface area contributed by atoms with E-state index in [1.807, 2.05) is 0 Å². The van der Waals surface area contributed by atoms with Gasteiger partial charge < -0.3 is 15.5 Å². The van der Waals surface area contributed by atoms with Crippen molar-refractivity contribution >= 4 is 11.4 Å². The van der Waals surface area contributed by atoms with Crippen molar-refractivity contribution in [3.63, 3.8) is 0 Å². The minimum Gasteiger partial charge on any atom is -0.397 e. The summed E-state index contributed by atoms with van der Waals surface area (Å²) in [6, 6.07) is 7.08. The normalized spacial score (nSPS) is 17.8. The summed E-state index contributed by atoms with van der Waals surface area (Å²) in [7, 11) is 4.33. The molecule has 3 heteroatoms. The Labute approximate surface area is 104 Å². The molecule has 0 atom stereocenters. The van der Waals surface area contributed by atoms with Crippen LogP contribution < -0.4 is 10.6 Å². The number of nitrogen functional groups attached to an aromatic ring is 1. The van der Waals surface area contributed by atoms with Gasteiger partial charge in [0.25, 0.3) is 0 Å². The van der Waals surface area contributed by atoms with Crippen molar-refractivity contribution in [3.8, 4) is 0 Å². The summed E-state index contributed by atoms with van der Waals surface area (Å²) in [6.07, 6.45) is 2.45. The van der Waals surface area contributed by atoms with Crippen molar-refractivity contribution in [3.05, 3.63) is 23.8 Å². The predicted molar refractivity (Wildman–Crippen MR) is 74.5 cm³/mol. The van der Waals surface area contributed by atoms with Crippen molar-refractivity contribution in [2.75, 3.05) is 37.8 Å². The average molecular weight is 233 g/mol. The summed E-state index contributed by atoms with van der Waals surface area (Å²) in [6.45, 7) is 4.30. The lowest BCUT2D eigenvalue weighted by Gasteiger charge is -2.37. The van der Waals surface area contributed by atoms with Crippen molar-refractivity contribution in [2.45, 2.75) is 25.8 Å². The molecule has 1 aromatic rings. The fourth-order valence-electron chi connectivity index (χ4n) is 2.59. The van der Waals surface area contributed by atoms with Crippen LogP contribution in [-0.2, 0) is 0 Å². The van der Waals surface area contributed by atoms with Gasteiger partial charge in [0.15, 0.2) is 0 Å². The van der Waals surface area contributed by atoms with E-state index in [1.54, 1.807) is 0 Å². The van der Waals surface area contributed by atoms with Crippen LogP contribution in [0.25, 0.3) is 0 Å². The number of rotatable bonds is 2. The van der Waals surface area contributed by atoms with E-state index in [0.29, 0.717) is 0 Å². The van der Waals surface area contributed by atoms with Crippen LogP contribution >= 0.6 is 0 Å². The van der Waals surface area contributed by atoms with Crippen LogP contribution in [0.5, 0.6) is 0 Å². The van der Waals surface area contributed by atoms with Crippen LogP contribution in [0.2, 0.25) is 0 Å². The lowest BCUT2D eigenvalue weighted by molar-refractivity contribution is 0.250. The van der Waals surface area contributed by atoms with Crippen molar-refractivity contribution < 1.29 is 0 Å². The van der Waals surface area contributed by atoms with E-state index in [2.05, 4.69) is 49.0 Å². The molecule has 17 heavy (non-hydrogen) atoms. The Hall–Kier alpha value is -1.22. The Balaban J connectivity index is 2.05. The van der Waals surface area contributed by atoms with Gasteiger partial charge in [-0.3, -0.25) is 0 Å². The lowest BCUT2D eigenvalue weighted by atomic mass is 10.0. The monoisotopic (exact) mass is 233 g/mol. The molecule has 0 bridgehead atoms. The van der Waals surface area contributed by atoms with Crippen molar-refractivity contribution in [1.82, 2.24) is 4.90 Å². The highest BCUT2D eigenvalue weighted by Gasteiger charge is 2.21. The SMILES string of the molecule is Cc1ccc(N2CCC(N(C)C)CC2)c(N)c1. The van der Waals surface area contributed by atoms with Gasteiger partial charge in [0.2, 0.25) is 0 Å². The highest BCUT2D eigenvalue weighted by molar-refractivity contribution is 5.68. The number of piperidine rings is 1. The van der Waals surface area contributed by atoms with Gasteiger partial charge in [-0.25, -0.2) is 0 Å². The van der Waals surface area contributed by atoms with Gasteiger partial charge in [-0.15, -0.1) is 0 Å². The molecule has 2 rings (SSSR count). The van der Waals surface area contributed by atoms with E-state index in [-0.39, 0.29) is 0 Å². The topological polar surface area (TPSA) is 32.5 Å². The predicted octanol–water partition coefficient (Wildman–Crippen LogP) is 2.11. The molecule has 1 saturated heterocycles. The first kappa shape index (κ1) is 12.2. The molecule has 3 nitrogen and oxygen atoms in total. The highest BCUT2D eigenvalue weighted by atomic mass is 15.2. The first-order valence-electron chi connectivity index (χ1n) is 6.35. The maximum absolute atomic E-state index is 6.09. The zero-order chi connectivity index (χ0) is 12.4. The maximum atomic E-state index is 6.09. The molecule has 1 heterocycles. The minimum absolute atomic E-state index is 0.720. The largest absolute Gasteiger partial charge is 0.397 e. The second-order valence-electron chi connectivity index (χ2n) is 5.24. The molecule has 0 radical (unpaired) electrons. The van der Waals surface area contributed by atoms with E-state index in [4.69, 9.17) is 5.73 Å². The third-order valence-corrected chi connectivity index (χ3v) is 3.72. The van der Waals surface area contributed by atoms with E-state index < -0.39 is 0 Å². The molecule has 1 aliphatic heterocycles. The van der Waals surface area contributed by atoms with Gasteiger partial charge in [-0.2, -0.15) is 0 Å². The summed E-state index contributed by atoms with van der Waals surface area (Å²) in [5.74, 6) is 0. The number of hydrogen-bond acceptors (Lipinski definition) is 3. The Morgan fingerprint density at radius 2 is 1.88 bits per heavy atom. The van der Waals surface area contributed by atoms with Gasteiger partial charge in [-0.05, 0) is 51.6 Å². The summed E-state index contributed by atoms with van der Waals surface area (Å²) in [4.78, 5) is 4.74. The van der Waals surface area contributed by atoms with E-state index >= 15 is 0 Å². The Morgan fingerprint density at radius 3 is 2.41 bits per heavy atom. The third-order valence-electron chi connectivity index (χ3n) is 3.72. The van der Waals surface area contributed by atoms with Crippen LogP contribution in [0.1, 0.15) is 18.4 Å². The molecule has 0 spiro atoms. The van der Waals surface area contributed by atoms with Gasteiger partial charge in [0.1, 0.15) is 0 Å². The second-order valence-corrected chi connectivity index (χ2v) is 5.24. The van der Waals surface area contributed by atoms with Crippen LogP contribution in [0, 0.1) is 6.92 Å². The molecular weight excluding hydrogens is 210 g/mol. The molecule has 1 aliphatic rings. The van der Waals surface area contributed by atoms with Crippen LogP contribution in [0.15, 0.2) is 18.2 Å². The van der Waals surface area contributed by atoms with Gasteiger partial charge in [0, 0.05) is 19.1 Å². The smallest absolute Gasteiger partial charge is 0.0600 e. The van der Waals surface area contributed by atoms with Crippen molar-refractivity contribution in [1.29, 1.82) is 0 Å². The fraction of sp³-hybridized carbons (Fsp3) is 0.571. The highest BCUT2D eigenvalue weighted by Crippen LogP contribution is 2.27. The van der Waals surface area contributed by atoms with E-state index in [1.165, 1.54) is 24.1 Å². The summed E-state index contributed by atoms with van der Waals surface area (Å²) < 4.78 is 0. The molecule has 94 valence electrons. The number of nitrogens with zero attached hydrogens (tertiary/aromatic N) is 2. The molecule has 0 unspecified atom stereocenters. The number of hydrogen-bond donors (Lipinski definition) is 1. The third kappa shape index (κ3) is 2.72. The van der Waals surface area contributed by atoms with Gasteiger partial charge in [-0.1, -0.05) is 6.07 Å². The van der Waals surface area contributed by atoms with Gasteiger partial charge >= 0.3 is 0 Å². The lowest BCUT2D eigenvalue weighted by Crippen LogP contribution is -2.42. The molecule has 1 aromatic carbocycles. The maximum Gasteiger partial charge on any atom is 0.0600 e. The molecule has 1 fully saturated rings. The minimum atomic E-state index is 0.720. The van der Waals surface area contributed by atoms with Crippen LogP contribution in [0.3, 0.4) is 0 Å². The summed E-state index contributed by atoms with van der Waals surface area (Å²) in [5.41, 5.74) is 9.44. The fourth-order valence-corrected chi connectivity index (χ4v) is 2.59. The van der Waals surface area contributed by atoms with Crippen molar-refractivity contribution in [2.24, 2.45) is 0 Å². The van der Waals surface area contributed by atoms with Crippen LogP contribution in [-0.4, -0.2) is 38.1 Å². The molecule has 0 aromatic heterocycles.